The lowest BCUT2D eigenvalue weighted by molar-refractivity contribution is -0.135. The Hall–Kier alpha value is -4.13. The number of carbonyl (C=O) groups is 5. The second-order valence-electron chi connectivity index (χ2n) is 14.6. The molecule has 2 fully saturated rings. The molecule has 0 spiro atoms. The van der Waals surface area contributed by atoms with Gasteiger partial charge >= 0.3 is 0 Å². The van der Waals surface area contributed by atoms with Crippen molar-refractivity contribution < 1.29 is 33.4 Å². The number of rotatable bonds is 20. The predicted molar refractivity (Wildman–Crippen MR) is 205 cm³/mol. The van der Waals surface area contributed by atoms with Crippen molar-refractivity contribution >= 4 is 29.9 Å². The molecule has 2 aliphatic rings. The summed E-state index contributed by atoms with van der Waals surface area (Å²) in [5.74, 6) is -1.80. The monoisotopic (exact) mass is 735 g/mol. The molecule has 4 amide bonds. The second kappa shape index (κ2) is 22.2. The molecule has 6 atom stereocenters. The van der Waals surface area contributed by atoms with E-state index in [-0.39, 0.29) is 24.0 Å². The van der Waals surface area contributed by atoms with E-state index in [0.717, 1.165) is 37.4 Å². The summed E-state index contributed by atoms with van der Waals surface area (Å²) in [7, 11) is 0. The molecule has 2 aromatic carbocycles. The number of aryl methyl sites for hydroxylation is 1. The number of nitrogens with zero attached hydrogens (tertiary/aromatic N) is 1. The largest absolute Gasteiger partial charge is 0.379 e. The van der Waals surface area contributed by atoms with Gasteiger partial charge in [-0.3, -0.25) is 28.9 Å². The number of nitrogens with one attached hydrogen (secondary N) is 4. The third-order valence-electron chi connectivity index (χ3n) is 9.85. The van der Waals surface area contributed by atoms with Gasteiger partial charge in [0, 0.05) is 19.5 Å². The van der Waals surface area contributed by atoms with Crippen LogP contribution in [0.3, 0.4) is 0 Å². The zero-order chi connectivity index (χ0) is 38.8. The van der Waals surface area contributed by atoms with Gasteiger partial charge < -0.3 is 30.7 Å². The van der Waals surface area contributed by atoms with Gasteiger partial charge in [-0.15, -0.1) is 0 Å². The molecule has 5 unspecified atom stereocenters. The highest BCUT2D eigenvalue weighted by Crippen LogP contribution is 2.30. The topological polar surface area (TPSA) is 158 Å². The van der Waals surface area contributed by atoms with Crippen LogP contribution in [0.1, 0.15) is 71.9 Å². The molecule has 0 bridgehead atoms. The zero-order valence-electron chi connectivity index (χ0n) is 32.4. The Balaban J connectivity index is 0.000000832. The first kappa shape index (κ1) is 43.3. The number of likely N-dealkylation sites (N-methyl/N-ethyl adjacent to an activating group) is 1. The van der Waals surface area contributed by atoms with Gasteiger partial charge in [0.2, 0.25) is 24.1 Å². The molecule has 12 nitrogen and oxygen atoms in total. The third kappa shape index (κ3) is 14.7. The number of benzene rings is 2. The molecule has 2 aliphatic heterocycles. The van der Waals surface area contributed by atoms with Crippen LogP contribution >= 0.6 is 0 Å². The van der Waals surface area contributed by atoms with Gasteiger partial charge in [-0.1, -0.05) is 102 Å². The fraction of sp³-hybridized carbons (Fsp3) is 0.585. The van der Waals surface area contributed by atoms with Gasteiger partial charge in [-0.05, 0) is 55.7 Å². The van der Waals surface area contributed by atoms with E-state index in [9.17, 15) is 24.0 Å². The van der Waals surface area contributed by atoms with Crippen molar-refractivity contribution in [2.45, 2.75) is 103 Å². The van der Waals surface area contributed by atoms with Gasteiger partial charge in [-0.2, -0.15) is 0 Å². The van der Waals surface area contributed by atoms with Crippen molar-refractivity contribution in [3.05, 3.63) is 71.8 Å². The van der Waals surface area contributed by atoms with Crippen LogP contribution in [0.2, 0.25) is 0 Å². The highest BCUT2D eigenvalue weighted by atomic mass is 16.6. The lowest BCUT2D eigenvalue weighted by atomic mass is 9.89. The number of amides is 4. The van der Waals surface area contributed by atoms with E-state index in [2.05, 4.69) is 33.1 Å². The third-order valence-corrected chi connectivity index (χ3v) is 9.85. The predicted octanol–water partition coefficient (Wildman–Crippen LogP) is 3.22. The minimum atomic E-state index is -1.01. The molecule has 0 saturated carbocycles. The molecule has 4 N–H and O–H groups in total. The van der Waals surface area contributed by atoms with Crippen LogP contribution in [0, 0.1) is 11.8 Å². The summed E-state index contributed by atoms with van der Waals surface area (Å²) < 4.78 is 10.5. The van der Waals surface area contributed by atoms with Crippen molar-refractivity contribution in [1.29, 1.82) is 0 Å². The summed E-state index contributed by atoms with van der Waals surface area (Å²) >= 11 is 0. The smallest absolute Gasteiger partial charge is 0.243 e. The summed E-state index contributed by atoms with van der Waals surface area (Å²) in [6, 6.07) is 15.3. The number of hydrogen-bond acceptors (Lipinski definition) is 8. The lowest BCUT2D eigenvalue weighted by Crippen LogP contribution is -2.59. The maximum Gasteiger partial charge on any atom is 0.243 e. The van der Waals surface area contributed by atoms with E-state index >= 15 is 0 Å². The summed E-state index contributed by atoms with van der Waals surface area (Å²) in [4.78, 5) is 67.9. The Morgan fingerprint density at radius 3 is 1.87 bits per heavy atom. The molecular weight excluding hydrogens is 674 g/mol. The number of Topliss-reactive ketones (excluding diaryl/α,β-unsaturated/α-hetero) is 1. The van der Waals surface area contributed by atoms with Crippen LogP contribution in [0.4, 0.5) is 0 Å². The van der Waals surface area contributed by atoms with E-state index < -0.39 is 47.5 Å². The van der Waals surface area contributed by atoms with Gasteiger partial charge in [0.1, 0.15) is 23.7 Å². The average Bonchev–Trinajstić information content (AvgIpc) is 3.93. The van der Waals surface area contributed by atoms with Crippen molar-refractivity contribution in [1.82, 2.24) is 26.2 Å². The minimum Gasteiger partial charge on any atom is -0.379 e. The summed E-state index contributed by atoms with van der Waals surface area (Å²) in [6.07, 6.45) is 2.54. The summed E-state index contributed by atoms with van der Waals surface area (Å²) in [5.41, 5.74) is 0.923. The molecule has 0 aliphatic carbocycles. The average molecular weight is 736 g/mol. The quantitative estimate of drug-likeness (QED) is 0.119. The normalized spacial score (nSPS) is 19.6. The van der Waals surface area contributed by atoms with Crippen molar-refractivity contribution in [3.8, 4) is 0 Å². The highest BCUT2D eigenvalue weighted by Gasteiger charge is 2.51. The molecule has 53 heavy (non-hydrogen) atoms. The Labute approximate surface area is 315 Å². The van der Waals surface area contributed by atoms with Crippen molar-refractivity contribution in [2.75, 3.05) is 39.5 Å². The molecule has 2 aromatic rings. The number of epoxide rings is 1. The number of ketones is 1. The van der Waals surface area contributed by atoms with Crippen LogP contribution in [-0.4, -0.2) is 104 Å². The summed E-state index contributed by atoms with van der Waals surface area (Å²) in [6.45, 7) is 17.2. The molecule has 2 saturated heterocycles. The second-order valence-corrected chi connectivity index (χ2v) is 14.6. The Morgan fingerprint density at radius 1 is 0.811 bits per heavy atom. The molecule has 292 valence electrons. The molecule has 2 heterocycles. The van der Waals surface area contributed by atoms with Crippen LogP contribution in [0.25, 0.3) is 0 Å². The number of hydrogen-bond donors (Lipinski definition) is 4. The van der Waals surface area contributed by atoms with Crippen LogP contribution in [-0.2, 0) is 46.3 Å². The zero-order valence-corrected chi connectivity index (χ0v) is 32.4. The Morgan fingerprint density at radius 2 is 1.36 bits per heavy atom. The van der Waals surface area contributed by atoms with E-state index in [0.29, 0.717) is 38.7 Å². The maximum atomic E-state index is 13.8. The molecule has 0 radical (unpaired) electrons. The molecular formula is C41H61N5O7. The van der Waals surface area contributed by atoms with Gasteiger partial charge in [0.05, 0.1) is 25.9 Å². The molecule has 12 heteroatoms. The minimum absolute atomic E-state index is 0.0379. The first-order valence-corrected chi connectivity index (χ1v) is 19.1. The van der Waals surface area contributed by atoms with Crippen LogP contribution in [0.5, 0.6) is 0 Å². The number of morpholine rings is 1. The van der Waals surface area contributed by atoms with Gasteiger partial charge in [0.15, 0.2) is 5.78 Å². The molecule has 0 aromatic heterocycles. The summed E-state index contributed by atoms with van der Waals surface area (Å²) in [5, 5.41) is 11.2. The van der Waals surface area contributed by atoms with Crippen molar-refractivity contribution in [3.63, 3.8) is 0 Å². The van der Waals surface area contributed by atoms with E-state index in [1.807, 2.05) is 88.4 Å². The van der Waals surface area contributed by atoms with E-state index in [1.54, 1.807) is 6.92 Å². The van der Waals surface area contributed by atoms with Gasteiger partial charge in [0.25, 0.3) is 0 Å². The maximum absolute atomic E-state index is 13.8. The van der Waals surface area contributed by atoms with Crippen LogP contribution < -0.4 is 21.3 Å². The van der Waals surface area contributed by atoms with Gasteiger partial charge in [-0.25, -0.2) is 0 Å². The SMILES string of the molecule is CCC(C)C(NC(=O)C(Cc1ccccc1)NC(=O)C(CC(C)C)NC(=O)[C@H](CCc1ccccc1)NC=O)C(=O)C1(C)CO1.CCN1CCOCC1. The Kier molecular flexibility index (Phi) is 18.1. The highest BCUT2D eigenvalue weighted by molar-refractivity contribution is 5.98. The first-order valence-electron chi connectivity index (χ1n) is 19.1. The van der Waals surface area contributed by atoms with Crippen molar-refractivity contribution in [2.24, 2.45) is 11.8 Å². The standard InChI is InChI=1S/C35H48N4O6.C6H13NO/c1-6-24(4)30(31(41)35(5)21-45-35)39-34(44)29(20-26-15-11-8-12-16-26)38-33(43)28(19-23(2)3)37-32(42)27(36-22-40)18-17-25-13-9-7-10-14-25;1-2-7-3-5-8-6-4-7/h7-16,22-24,27-30H,6,17-21H2,1-5H3,(H,36,40)(H,37,42)(H,38,43)(H,39,44);2-6H2,1H3/t24?,27-,28?,29?,30?,35?;/m0./s1. The fourth-order valence-electron chi connectivity index (χ4n) is 6.09. The number of ether oxygens (including phenoxy) is 2. The van der Waals surface area contributed by atoms with Crippen LogP contribution in [0.15, 0.2) is 60.7 Å². The number of carbonyl (C=O) groups excluding carboxylic acids is 5. The first-order chi connectivity index (χ1) is 25.4. The van der Waals surface area contributed by atoms with E-state index in [4.69, 9.17) is 9.47 Å². The fourth-order valence-corrected chi connectivity index (χ4v) is 6.09. The lowest BCUT2D eigenvalue weighted by Gasteiger charge is -2.29. The van der Waals surface area contributed by atoms with E-state index in [1.165, 1.54) is 6.54 Å². The Bertz CT molecular complexity index is 1430. The molecule has 4 rings (SSSR count).